The number of amidine groups is 1. The number of hydrogen-bond donors (Lipinski definition) is 0. The molecule has 2 aromatic rings. The molecular weight excluding hydrogens is 442 g/mol. The van der Waals surface area contributed by atoms with Crippen LogP contribution in [0.5, 0.6) is 0 Å². The molecule has 0 aliphatic carbocycles. The molecule has 0 unspecified atom stereocenters. The van der Waals surface area contributed by atoms with Crippen LogP contribution in [0.2, 0.25) is 0 Å². The molecule has 0 atom stereocenters. The molecule has 0 aromatic heterocycles. The number of benzene rings is 2. The summed E-state index contributed by atoms with van der Waals surface area (Å²) < 4.78 is 33.1. The number of ketones is 1. The summed E-state index contributed by atoms with van der Waals surface area (Å²) in [6, 6.07) is 8.57. The van der Waals surface area contributed by atoms with Crippen molar-refractivity contribution in [1.82, 2.24) is 0 Å². The van der Waals surface area contributed by atoms with Crippen LogP contribution in [0, 0.1) is 30.9 Å². The molecule has 29 heavy (non-hydrogen) atoms. The Hall–Kier alpha value is -2.98. The summed E-state index contributed by atoms with van der Waals surface area (Å²) in [7, 11) is 0. The predicted molar refractivity (Wildman–Crippen MR) is 112 cm³/mol. The summed E-state index contributed by atoms with van der Waals surface area (Å²) in [5, 5.41) is 0. The van der Waals surface area contributed by atoms with Gasteiger partial charge >= 0.3 is 0 Å². The molecule has 4 nitrogen and oxygen atoms in total. The first kappa shape index (κ1) is 20.7. The van der Waals surface area contributed by atoms with Crippen LogP contribution in [0.25, 0.3) is 0 Å². The maximum Gasteiger partial charge on any atom is 0.235 e. The van der Waals surface area contributed by atoms with Crippen LogP contribution in [-0.2, 0) is 11.3 Å². The lowest BCUT2D eigenvalue weighted by Crippen LogP contribution is -2.34. The van der Waals surface area contributed by atoms with E-state index in [9.17, 15) is 13.6 Å². The van der Waals surface area contributed by atoms with Gasteiger partial charge in [0.25, 0.3) is 0 Å². The topological polar surface area (TPSA) is 41.9 Å². The van der Waals surface area contributed by atoms with Gasteiger partial charge < -0.3 is 9.64 Å². The fourth-order valence-electron chi connectivity index (χ4n) is 2.87. The standard InChI is InChI=1S/C22H17BrF2N2O2/c1-4-21(28)15-6-5-13(2)20(9-15)27-11-18(23)22(26-14(27)3)29-12-16-7-8-17(24)10-19(16)25/h1,5-10H,11-12H2,2-3H3. The second-order valence-electron chi connectivity index (χ2n) is 6.45. The highest BCUT2D eigenvalue weighted by molar-refractivity contribution is 9.11. The first-order valence-electron chi connectivity index (χ1n) is 8.70. The molecule has 1 aliphatic rings. The average Bonchev–Trinajstić information content (AvgIpc) is 2.69. The summed E-state index contributed by atoms with van der Waals surface area (Å²) in [6.07, 6.45) is 5.22. The number of nitrogens with zero attached hydrogens (tertiary/aromatic N) is 2. The van der Waals surface area contributed by atoms with Crippen LogP contribution in [0.4, 0.5) is 14.5 Å². The van der Waals surface area contributed by atoms with Gasteiger partial charge in [0.15, 0.2) is 0 Å². The Labute approximate surface area is 176 Å². The minimum absolute atomic E-state index is 0.0848. The zero-order valence-corrected chi connectivity index (χ0v) is 17.4. The smallest absolute Gasteiger partial charge is 0.235 e. The van der Waals surface area contributed by atoms with Crippen LogP contribution < -0.4 is 4.90 Å². The number of rotatable bonds is 5. The van der Waals surface area contributed by atoms with Gasteiger partial charge in [-0.3, -0.25) is 4.79 Å². The second-order valence-corrected chi connectivity index (χ2v) is 7.41. The van der Waals surface area contributed by atoms with E-state index in [1.165, 1.54) is 12.1 Å². The third kappa shape index (κ3) is 4.54. The number of anilines is 1. The summed E-state index contributed by atoms with van der Waals surface area (Å²) in [4.78, 5) is 18.2. The predicted octanol–water partition coefficient (Wildman–Crippen LogP) is 5.11. The number of hydrogen-bond acceptors (Lipinski definition) is 4. The highest BCUT2D eigenvalue weighted by atomic mass is 79.9. The third-order valence-electron chi connectivity index (χ3n) is 4.46. The van der Waals surface area contributed by atoms with Crippen LogP contribution >= 0.6 is 15.9 Å². The first-order chi connectivity index (χ1) is 13.8. The molecule has 0 bridgehead atoms. The number of aryl methyl sites for hydroxylation is 1. The highest BCUT2D eigenvalue weighted by Gasteiger charge is 2.23. The Morgan fingerprint density at radius 1 is 1.28 bits per heavy atom. The molecule has 1 aliphatic heterocycles. The van der Waals surface area contributed by atoms with Crippen molar-refractivity contribution in [1.29, 1.82) is 0 Å². The van der Waals surface area contributed by atoms with Crippen molar-refractivity contribution in [2.24, 2.45) is 4.99 Å². The summed E-state index contributed by atoms with van der Waals surface area (Å²) in [5.41, 5.74) is 2.40. The largest absolute Gasteiger partial charge is 0.472 e. The molecule has 7 heteroatoms. The Bertz CT molecular complexity index is 1090. The summed E-state index contributed by atoms with van der Waals surface area (Å²) >= 11 is 3.46. The molecule has 0 radical (unpaired) electrons. The molecule has 0 spiro atoms. The number of ether oxygens (including phenoxy) is 1. The Morgan fingerprint density at radius 3 is 2.72 bits per heavy atom. The van der Waals surface area contributed by atoms with E-state index in [1.807, 2.05) is 17.9 Å². The van der Waals surface area contributed by atoms with Crippen molar-refractivity contribution in [2.45, 2.75) is 20.5 Å². The lowest BCUT2D eigenvalue weighted by Gasteiger charge is -2.30. The maximum atomic E-state index is 13.8. The first-order valence-corrected chi connectivity index (χ1v) is 9.49. The van der Waals surface area contributed by atoms with Gasteiger partial charge in [0.05, 0.1) is 11.0 Å². The molecular formula is C22H17BrF2N2O2. The van der Waals surface area contributed by atoms with Gasteiger partial charge in [-0.2, -0.15) is 4.99 Å². The number of aliphatic imine (C=N–C) groups is 1. The van der Waals surface area contributed by atoms with Crippen LogP contribution in [0.15, 0.2) is 51.8 Å². The van der Waals surface area contributed by atoms with Gasteiger partial charge in [-0.15, -0.1) is 6.42 Å². The van der Waals surface area contributed by atoms with E-state index in [2.05, 4.69) is 26.8 Å². The summed E-state index contributed by atoms with van der Waals surface area (Å²) in [5.74, 6) is 1.36. The van der Waals surface area contributed by atoms with Gasteiger partial charge in [-0.1, -0.05) is 6.07 Å². The molecule has 2 aromatic carbocycles. The molecule has 0 saturated heterocycles. The van der Waals surface area contributed by atoms with E-state index in [1.54, 1.807) is 19.1 Å². The van der Waals surface area contributed by atoms with E-state index in [4.69, 9.17) is 11.2 Å². The average molecular weight is 459 g/mol. The van der Waals surface area contributed by atoms with E-state index in [-0.39, 0.29) is 12.2 Å². The van der Waals surface area contributed by atoms with Crippen LogP contribution in [0.3, 0.4) is 0 Å². The molecule has 1 heterocycles. The molecule has 0 amide bonds. The fourth-order valence-corrected chi connectivity index (χ4v) is 3.32. The third-order valence-corrected chi connectivity index (χ3v) is 5.05. The molecule has 0 fully saturated rings. The van der Waals surface area contributed by atoms with Crippen molar-refractivity contribution in [3.8, 4) is 12.3 Å². The SMILES string of the molecule is C#CC(=O)c1ccc(C)c(N2CC(Br)=C(OCc3ccc(F)cc3F)N=C2C)c1. The number of halogens is 3. The minimum atomic E-state index is -0.675. The molecule has 0 saturated carbocycles. The number of terminal acetylenes is 1. The highest BCUT2D eigenvalue weighted by Crippen LogP contribution is 2.30. The van der Waals surface area contributed by atoms with Crippen LogP contribution in [0.1, 0.15) is 28.4 Å². The molecule has 0 N–H and O–H groups in total. The van der Waals surface area contributed by atoms with Gasteiger partial charge in [-0.05, 0) is 65.5 Å². The molecule has 3 rings (SSSR count). The number of carbonyl (C=O) groups is 1. The Kier molecular flexibility index (Phi) is 6.14. The van der Waals surface area contributed by atoms with Crippen molar-refractivity contribution in [3.05, 3.63) is 75.1 Å². The normalized spacial score (nSPS) is 13.8. The zero-order valence-electron chi connectivity index (χ0n) is 15.8. The Morgan fingerprint density at radius 2 is 2.03 bits per heavy atom. The fraction of sp³-hybridized carbons (Fsp3) is 0.182. The van der Waals surface area contributed by atoms with Crippen LogP contribution in [-0.4, -0.2) is 18.2 Å². The number of carbonyl (C=O) groups excluding carboxylic acids is 1. The minimum Gasteiger partial charge on any atom is -0.472 e. The molecule has 148 valence electrons. The van der Waals surface area contributed by atoms with E-state index >= 15 is 0 Å². The zero-order chi connectivity index (χ0) is 21.1. The lowest BCUT2D eigenvalue weighted by atomic mass is 10.1. The van der Waals surface area contributed by atoms with E-state index in [0.29, 0.717) is 28.3 Å². The quantitative estimate of drug-likeness (QED) is 0.355. The van der Waals surface area contributed by atoms with Crippen molar-refractivity contribution in [3.63, 3.8) is 0 Å². The number of Topliss-reactive ketones (excluding diaryl/α,β-unsaturated/α-hetero) is 1. The van der Waals surface area contributed by atoms with Gasteiger partial charge in [0.1, 0.15) is 24.1 Å². The van der Waals surface area contributed by atoms with Crippen molar-refractivity contribution in [2.75, 3.05) is 11.4 Å². The van der Waals surface area contributed by atoms with E-state index in [0.717, 1.165) is 17.3 Å². The monoisotopic (exact) mass is 458 g/mol. The lowest BCUT2D eigenvalue weighted by molar-refractivity contribution is 0.105. The summed E-state index contributed by atoms with van der Waals surface area (Å²) in [6.45, 7) is 4.05. The van der Waals surface area contributed by atoms with Gasteiger partial charge in [0.2, 0.25) is 11.7 Å². The van der Waals surface area contributed by atoms with Crippen molar-refractivity contribution >= 4 is 33.2 Å². The van der Waals surface area contributed by atoms with E-state index < -0.39 is 17.4 Å². The Balaban J connectivity index is 1.81. The van der Waals surface area contributed by atoms with Crippen molar-refractivity contribution < 1.29 is 18.3 Å². The van der Waals surface area contributed by atoms with Gasteiger partial charge in [-0.25, -0.2) is 8.78 Å². The van der Waals surface area contributed by atoms with Gasteiger partial charge in [0, 0.05) is 22.9 Å². The maximum absolute atomic E-state index is 13.8. The second kappa shape index (κ2) is 8.58.